The first-order valence-electron chi connectivity index (χ1n) is 7.40. The van der Waals surface area contributed by atoms with Gasteiger partial charge in [0.2, 0.25) is 5.91 Å². The molecule has 3 N–H and O–H groups in total. The standard InChI is InChI=1S/C18H17N3O3/c1-24-13-6-7-16-12(10-13)8-9-21(16)11-17(22)20-15-5-3-2-4-14(15)18(19)23/h2-10H,11H2,1H3,(H2,19,23)(H,20,22). The van der Waals surface area contributed by atoms with Gasteiger partial charge in [0.25, 0.3) is 5.91 Å². The normalized spacial score (nSPS) is 10.5. The van der Waals surface area contributed by atoms with Crippen LogP contribution in [0.15, 0.2) is 54.7 Å². The van der Waals surface area contributed by atoms with Gasteiger partial charge in [-0.1, -0.05) is 12.1 Å². The number of hydrogen-bond donors (Lipinski definition) is 2. The highest BCUT2D eigenvalue weighted by molar-refractivity contribution is 6.03. The number of anilines is 1. The Morgan fingerprint density at radius 1 is 1.17 bits per heavy atom. The third kappa shape index (κ3) is 3.08. The lowest BCUT2D eigenvalue weighted by molar-refractivity contribution is -0.116. The van der Waals surface area contributed by atoms with Gasteiger partial charge in [0.1, 0.15) is 12.3 Å². The molecule has 0 unspecified atom stereocenters. The van der Waals surface area contributed by atoms with Crippen LogP contribution in [-0.4, -0.2) is 23.5 Å². The number of aromatic nitrogens is 1. The lowest BCUT2D eigenvalue weighted by Gasteiger charge is -2.10. The Kier molecular flexibility index (Phi) is 4.20. The van der Waals surface area contributed by atoms with Gasteiger partial charge in [-0.05, 0) is 36.4 Å². The molecule has 6 nitrogen and oxygen atoms in total. The summed E-state index contributed by atoms with van der Waals surface area (Å²) < 4.78 is 7.03. The monoisotopic (exact) mass is 323 g/mol. The smallest absolute Gasteiger partial charge is 0.250 e. The maximum absolute atomic E-state index is 12.3. The molecule has 2 aromatic carbocycles. The van der Waals surface area contributed by atoms with Crippen molar-refractivity contribution in [2.45, 2.75) is 6.54 Å². The van der Waals surface area contributed by atoms with Crippen LogP contribution >= 0.6 is 0 Å². The van der Waals surface area contributed by atoms with Crippen LogP contribution in [0, 0.1) is 0 Å². The molecule has 0 fully saturated rings. The van der Waals surface area contributed by atoms with Gasteiger partial charge in [0, 0.05) is 17.1 Å². The average Bonchev–Trinajstić information content (AvgIpc) is 2.97. The van der Waals surface area contributed by atoms with Crippen molar-refractivity contribution in [3.05, 3.63) is 60.3 Å². The molecular formula is C18H17N3O3. The summed E-state index contributed by atoms with van der Waals surface area (Å²) in [6, 6.07) is 14.2. The number of ether oxygens (including phenoxy) is 1. The van der Waals surface area contributed by atoms with E-state index in [1.165, 1.54) is 0 Å². The molecule has 1 heterocycles. The first kappa shape index (κ1) is 15.6. The topological polar surface area (TPSA) is 86.3 Å². The summed E-state index contributed by atoms with van der Waals surface area (Å²) in [6.07, 6.45) is 1.84. The molecule has 0 bridgehead atoms. The van der Waals surface area contributed by atoms with Crippen LogP contribution < -0.4 is 15.8 Å². The molecule has 3 aromatic rings. The highest BCUT2D eigenvalue weighted by Crippen LogP contribution is 2.22. The predicted molar refractivity (Wildman–Crippen MR) is 92.1 cm³/mol. The highest BCUT2D eigenvalue weighted by atomic mass is 16.5. The third-order valence-corrected chi connectivity index (χ3v) is 3.76. The van der Waals surface area contributed by atoms with Crippen molar-refractivity contribution in [2.24, 2.45) is 5.73 Å². The number of nitrogens with zero attached hydrogens (tertiary/aromatic N) is 1. The second kappa shape index (κ2) is 6.45. The van der Waals surface area contributed by atoms with Crippen LogP contribution in [0.4, 0.5) is 5.69 Å². The molecule has 0 aliphatic heterocycles. The van der Waals surface area contributed by atoms with Gasteiger partial charge in [0.15, 0.2) is 0 Å². The summed E-state index contributed by atoms with van der Waals surface area (Å²) in [5.41, 5.74) is 6.94. The minimum absolute atomic E-state index is 0.128. The first-order chi connectivity index (χ1) is 11.6. The van der Waals surface area contributed by atoms with Crippen LogP contribution in [0.25, 0.3) is 10.9 Å². The maximum atomic E-state index is 12.3. The van der Waals surface area contributed by atoms with Crippen LogP contribution in [0.3, 0.4) is 0 Å². The molecule has 0 saturated carbocycles. The van der Waals surface area contributed by atoms with Crippen molar-refractivity contribution in [1.82, 2.24) is 4.57 Å². The largest absolute Gasteiger partial charge is 0.497 e. The number of fused-ring (bicyclic) bond motifs is 1. The summed E-state index contributed by atoms with van der Waals surface area (Å²) in [6.45, 7) is 0.128. The number of nitrogens with one attached hydrogen (secondary N) is 1. The predicted octanol–water partition coefficient (Wildman–Crippen LogP) is 2.39. The third-order valence-electron chi connectivity index (χ3n) is 3.76. The Morgan fingerprint density at radius 2 is 1.96 bits per heavy atom. The molecule has 2 amide bonds. The Labute approximate surface area is 138 Å². The van der Waals surface area contributed by atoms with E-state index in [0.29, 0.717) is 5.69 Å². The lowest BCUT2D eigenvalue weighted by atomic mass is 10.1. The van der Waals surface area contributed by atoms with Gasteiger partial charge >= 0.3 is 0 Å². The molecule has 0 spiro atoms. The van der Waals surface area contributed by atoms with Gasteiger partial charge in [-0.15, -0.1) is 0 Å². The second-order valence-electron chi connectivity index (χ2n) is 5.33. The Bertz CT molecular complexity index is 915. The van der Waals surface area contributed by atoms with E-state index in [1.807, 2.05) is 35.0 Å². The molecular weight excluding hydrogens is 306 g/mol. The Balaban J connectivity index is 1.80. The number of rotatable bonds is 5. The maximum Gasteiger partial charge on any atom is 0.250 e. The summed E-state index contributed by atoms with van der Waals surface area (Å²) in [5.74, 6) is -0.0542. The average molecular weight is 323 g/mol. The van der Waals surface area contributed by atoms with E-state index in [1.54, 1.807) is 31.4 Å². The van der Waals surface area contributed by atoms with Gasteiger partial charge in [-0.25, -0.2) is 0 Å². The van der Waals surface area contributed by atoms with Gasteiger partial charge < -0.3 is 20.4 Å². The molecule has 3 rings (SSSR count). The molecule has 0 radical (unpaired) electrons. The summed E-state index contributed by atoms with van der Waals surface area (Å²) in [5, 5.41) is 3.72. The SMILES string of the molecule is COc1ccc2c(ccn2CC(=O)Nc2ccccc2C(N)=O)c1. The molecule has 0 aliphatic carbocycles. The van der Waals surface area contributed by atoms with Gasteiger partial charge in [-0.2, -0.15) is 0 Å². The van der Waals surface area contributed by atoms with Gasteiger partial charge in [-0.3, -0.25) is 9.59 Å². The van der Waals surface area contributed by atoms with E-state index in [-0.39, 0.29) is 18.0 Å². The fourth-order valence-corrected chi connectivity index (χ4v) is 2.59. The second-order valence-corrected chi connectivity index (χ2v) is 5.33. The zero-order chi connectivity index (χ0) is 17.1. The van der Waals surface area contributed by atoms with Crippen LogP contribution in [-0.2, 0) is 11.3 Å². The summed E-state index contributed by atoms with van der Waals surface area (Å²) in [4.78, 5) is 23.7. The van der Waals surface area contributed by atoms with Crippen molar-refractivity contribution < 1.29 is 14.3 Å². The molecule has 0 atom stereocenters. The van der Waals surface area contributed by atoms with Crippen molar-refractivity contribution in [1.29, 1.82) is 0 Å². The molecule has 0 aliphatic rings. The first-order valence-corrected chi connectivity index (χ1v) is 7.40. The van der Waals surface area contributed by atoms with Crippen molar-refractivity contribution >= 4 is 28.4 Å². The number of nitrogens with two attached hydrogens (primary N) is 1. The Hall–Kier alpha value is -3.28. The van der Waals surface area contributed by atoms with E-state index in [0.717, 1.165) is 16.7 Å². The van der Waals surface area contributed by atoms with Gasteiger partial charge in [0.05, 0.1) is 18.4 Å². The molecule has 6 heteroatoms. The number of carbonyl (C=O) groups excluding carboxylic acids is 2. The number of amides is 2. The molecule has 122 valence electrons. The van der Waals surface area contributed by atoms with E-state index >= 15 is 0 Å². The van der Waals surface area contributed by atoms with E-state index < -0.39 is 5.91 Å². The fourth-order valence-electron chi connectivity index (χ4n) is 2.59. The number of hydrogen-bond acceptors (Lipinski definition) is 3. The van der Waals surface area contributed by atoms with Crippen LogP contribution in [0.2, 0.25) is 0 Å². The number of methoxy groups -OCH3 is 1. The zero-order valence-electron chi connectivity index (χ0n) is 13.2. The minimum atomic E-state index is -0.579. The van der Waals surface area contributed by atoms with E-state index in [4.69, 9.17) is 10.5 Å². The van der Waals surface area contributed by atoms with Crippen LogP contribution in [0.5, 0.6) is 5.75 Å². The summed E-state index contributed by atoms with van der Waals surface area (Å²) in [7, 11) is 1.61. The van der Waals surface area contributed by atoms with Crippen molar-refractivity contribution in [3.63, 3.8) is 0 Å². The lowest BCUT2D eigenvalue weighted by Crippen LogP contribution is -2.21. The van der Waals surface area contributed by atoms with Crippen molar-refractivity contribution in [2.75, 3.05) is 12.4 Å². The number of para-hydroxylation sites is 1. The number of benzene rings is 2. The molecule has 0 saturated heterocycles. The minimum Gasteiger partial charge on any atom is -0.497 e. The van der Waals surface area contributed by atoms with Crippen molar-refractivity contribution in [3.8, 4) is 5.75 Å². The van der Waals surface area contributed by atoms with Crippen LogP contribution in [0.1, 0.15) is 10.4 Å². The Morgan fingerprint density at radius 3 is 2.71 bits per heavy atom. The highest BCUT2D eigenvalue weighted by Gasteiger charge is 2.11. The fraction of sp³-hybridized carbons (Fsp3) is 0.111. The zero-order valence-corrected chi connectivity index (χ0v) is 13.2. The number of carbonyl (C=O) groups is 2. The number of primary amides is 1. The summed E-state index contributed by atoms with van der Waals surface area (Å²) >= 11 is 0. The van der Waals surface area contributed by atoms with E-state index in [2.05, 4.69) is 5.32 Å². The molecule has 24 heavy (non-hydrogen) atoms. The molecule has 1 aromatic heterocycles. The quantitative estimate of drug-likeness (QED) is 0.756. The van der Waals surface area contributed by atoms with E-state index in [9.17, 15) is 9.59 Å².